The maximum absolute atomic E-state index is 14.3. The molecule has 0 radical (unpaired) electrons. The van der Waals surface area contributed by atoms with Crippen LogP contribution in [0.15, 0.2) is 29.3 Å². The highest BCUT2D eigenvalue weighted by molar-refractivity contribution is 5.98. The average Bonchev–Trinajstić information content (AvgIpc) is 3.32. The minimum absolute atomic E-state index is 0.0306. The van der Waals surface area contributed by atoms with Gasteiger partial charge in [-0.25, -0.2) is 4.79 Å². The molecule has 1 aromatic rings. The van der Waals surface area contributed by atoms with Gasteiger partial charge in [-0.3, -0.25) is 62.5 Å². The second-order valence-electron chi connectivity index (χ2n) is 18.4. The molecule has 0 aromatic heterocycles. The summed E-state index contributed by atoms with van der Waals surface area (Å²) in [6.07, 6.45) is -4.37. The SMILES string of the molecule is CC(C)C[C@H](NC(=O)[C@H](CCC(N)=O)NC(=O)[C@@H](NC(=O)[C@H](Cc1ccc(O)cc1)NC(=O)[C@H](CCCN=C(N)N)NC(=O)CNC(=O)[C@H](CC(=O)O)NC(=O)[C@@H](N)CCC(=O)O)C(C)C)C(=O)N[C@@H](CC(=O)O)C(=O)O. The fourth-order valence-electron chi connectivity index (χ4n) is 6.96. The molecular weight excluding hydrogens is 1020 g/mol. The lowest BCUT2D eigenvalue weighted by Gasteiger charge is -2.29. The van der Waals surface area contributed by atoms with E-state index in [9.17, 15) is 77.6 Å². The number of aliphatic carboxylic acids is 4. The molecule has 31 heteroatoms. The van der Waals surface area contributed by atoms with E-state index >= 15 is 0 Å². The van der Waals surface area contributed by atoms with Gasteiger partial charge in [0.1, 0.15) is 48.0 Å². The van der Waals surface area contributed by atoms with Gasteiger partial charge in [-0.15, -0.1) is 0 Å². The molecule has 0 bridgehead atoms. The molecule has 77 heavy (non-hydrogen) atoms. The van der Waals surface area contributed by atoms with Crippen molar-refractivity contribution in [1.82, 2.24) is 42.5 Å². The minimum Gasteiger partial charge on any atom is -0.508 e. The van der Waals surface area contributed by atoms with Gasteiger partial charge >= 0.3 is 23.9 Å². The Morgan fingerprint density at radius 2 is 1.05 bits per heavy atom. The number of hydrogen-bond acceptors (Lipinski definition) is 16. The van der Waals surface area contributed by atoms with Gasteiger partial charge in [0, 0.05) is 25.8 Å². The molecule has 21 N–H and O–H groups in total. The van der Waals surface area contributed by atoms with E-state index in [-0.39, 0.29) is 56.3 Å². The number of carboxylic acid groups (broad SMARTS) is 4. The number of guanidine groups is 1. The maximum atomic E-state index is 14.3. The molecule has 0 saturated heterocycles. The standard InChI is InChI=1S/C46H71N13O18/c1-21(2)16-28(42(73)58-31(45(76)77)19-36(67)68)56-41(72)27(12-13-32(48)61)54-44(75)37(22(3)4)59-43(74)29(17-23-7-9-24(60)10-8-23)57-40(71)26(6-5-15-51-46(49)50)53-33(62)20-52-39(70)30(18-35(65)66)55-38(69)25(47)11-14-34(63)64/h7-10,21-22,25-31,37,60H,5-6,11-20,47H2,1-4H3,(H2,48,61)(H,52,70)(H,53,62)(H,54,75)(H,55,69)(H,56,72)(H,57,71)(H,58,73)(H,59,74)(H,63,64)(H,65,66)(H,67,68)(H,76,77)(H4,49,50,51)/t25-,26-,27-,28-,29-,30-,31-,37-/m0/s1. The lowest BCUT2D eigenvalue weighted by molar-refractivity contribution is -0.147. The zero-order valence-corrected chi connectivity index (χ0v) is 42.9. The Labute approximate surface area is 441 Å². The monoisotopic (exact) mass is 1090 g/mol. The highest BCUT2D eigenvalue weighted by atomic mass is 16.4. The number of hydrogen-bond donors (Lipinski definition) is 17. The number of carbonyl (C=O) groups is 13. The number of aliphatic imine (C=N–C) groups is 1. The van der Waals surface area contributed by atoms with Crippen LogP contribution in [0.25, 0.3) is 0 Å². The third-order valence-corrected chi connectivity index (χ3v) is 10.9. The van der Waals surface area contributed by atoms with Crippen LogP contribution in [0.3, 0.4) is 0 Å². The molecule has 0 aliphatic heterocycles. The summed E-state index contributed by atoms with van der Waals surface area (Å²) in [7, 11) is 0. The van der Waals surface area contributed by atoms with Gasteiger partial charge in [0.2, 0.25) is 53.2 Å². The predicted octanol–water partition coefficient (Wildman–Crippen LogP) is -5.31. The number of benzene rings is 1. The van der Waals surface area contributed by atoms with Gasteiger partial charge < -0.3 is 91.0 Å². The van der Waals surface area contributed by atoms with Crippen LogP contribution < -0.4 is 65.5 Å². The van der Waals surface area contributed by atoms with E-state index in [0.29, 0.717) is 5.56 Å². The third-order valence-electron chi connectivity index (χ3n) is 10.9. The highest BCUT2D eigenvalue weighted by Gasteiger charge is 2.36. The summed E-state index contributed by atoms with van der Waals surface area (Å²) in [5, 5.41) is 65.4. The molecular formula is C46H71N13O18. The molecule has 0 heterocycles. The topological polar surface area (TPSA) is 536 Å². The number of amides is 9. The number of nitrogens with one attached hydrogen (secondary N) is 8. The lowest BCUT2D eigenvalue weighted by Crippen LogP contribution is -2.61. The number of nitrogens with two attached hydrogens (primary N) is 4. The number of carbonyl (C=O) groups excluding carboxylic acids is 9. The molecule has 0 saturated carbocycles. The molecule has 0 aliphatic carbocycles. The molecule has 1 rings (SSSR count). The number of carboxylic acids is 4. The Bertz CT molecular complexity index is 2310. The zero-order valence-electron chi connectivity index (χ0n) is 42.9. The quantitative estimate of drug-likeness (QED) is 0.0170. The molecule has 0 fully saturated rings. The number of rotatable bonds is 36. The second kappa shape index (κ2) is 33.3. The summed E-state index contributed by atoms with van der Waals surface area (Å²) in [5.74, 6) is -16.9. The first-order valence-corrected chi connectivity index (χ1v) is 24.0. The Balaban J connectivity index is 3.54. The van der Waals surface area contributed by atoms with E-state index in [1.54, 1.807) is 13.8 Å². The van der Waals surface area contributed by atoms with Crippen LogP contribution in [0.1, 0.15) is 91.0 Å². The van der Waals surface area contributed by atoms with Crippen molar-refractivity contribution in [2.24, 2.45) is 39.8 Å². The van der Waals surface area contributed by atoms with E-state index in [0.717, 1.165) is 0 Å². The van der Waals surface area contributed by atoms with Gasteiger partial charge in [-0.1, -0.05) is 39.8 Å². The smallest absolute Gasteiger partial charge is 0.326 e. The van der Waals surface area contributed by atoms with Crippen molar-refractivity contribution in [2.45, 2.75) is 140 Å². The summed E-state index contributed by atoms with van der Waals surface area (Å²) >= 11 is 0. The van der Waals surface area contributed by atoms with E-state index in [4.69, 9.17) is 33.1 Å². The zero-order chi connectivity index (χ0) is 58.7. The van der Waals surface area contributed by atoms with E-state index in [2.05, 4.69) is 47.5 Å². The minimum atomic E-state index is -1.88. The van der Waals surface area contributed by atoms with E-state index < -0.39 is 170 Å². The number of primary amides is 1. The number of phenolic OH excluding ortho intramolecular Hbond substituents is 1. The van der Waals surface area contributed by atoms with Crippen molar-refractivity contribution in [3.63, 3.8) is 0 Å². The largest absolute Gasteiger partial charge is 0.508 e. The van der Waals surface area contributed by atoms with Crippen molar-refractivity contribution >= 4 is 83.0 Å². The summed E-state index contributed by atoms with van der Waals surface area (Å²) in [5.41, 5.74) is 22.3. The molecule has 9 amide bonds. The summed E-state index contributed by atoms with van der Waals surface area (Å²) < 4.78 is 0. The van der Waals surface area contributed by atoms with E-state index in [1.165, 1.54) is 38.1 Å². The molecule has 8 atom stereocenters. The Hall–Kier alpha value is -8.64. The van der Waals surface area contributed by atoms with Gasteiger partial charge in [0.15, 0.2) is 5.96 Å². The van der Waals surface area contributed by atoms with Gasteiger partial charge in [-0.05, 0) is 61.6 Å². The van der Waals surface area contributed by atoms with Gasteiger partial charge in [0.05, 0.1) is 25.4 Å². The summed E-state index contributed by atoms with van der Waals surface area (Å²) in [6.45, 7) is 5.37. The molecule has 0 aliphatic rings. The Morgan fingerprint density at radius 1 is 0.545 bits per heavy atom. The molecule has 0 unspecified atom stereocenters. The first-order valence-electron chi connectivity index (χ1n) is 24.0. The summed E-state index contributed by atoms with van der Waals surface area (Å²) in [4.78, 5) is 170. The van der Waals surface area contributed by atoms with Crippen LogP contribution in [0.5, 0.6) is 5.75 Å². The van der Waals surface area contributed by atoms with Crippen LogP contribution in [0.4, 0.5) is 0 Å². The fraction of sp³-hybridized carbons (Fsp3) is 0.565. The molecule has 31 nitrogen and oxygen atoms in total. The van der Waals surface area contributed by atoms with Crippen LogP contribution in [-0.4, -0.2) is 170 Å². The van der Waals surface area contributed by atoms with Gasteiger partial charge in [-0.2, -0.15) is 0 Å². The van der Waals surface area contributed by atoms with Crippen molar-refractivity contribution in [1.29, 1.82) is 0 Å². The highest BCUT2D eigenvalue weighted by Crippen LogP contribution is 2.14. The van der Waals surface area contributed by atoms with Crippen LogP contribution >= 0.6 is 0 Å². The van der Waals surface area contributed by atoms with Crippen LogP contribution in [-0.2, 0) is 68.7 Å². The second-order valence-corrected chi connectivity index (χ2v) is 18.4. The van der Waals surface area contributed by atoms with Crippen molar-refractivity contribution in [3.05, 3.63) is 29.8 Å². The predicted molar refractivity (Wildman–Crippen MR) is 268 cm³/mol. The third kappa shape index (κ3) is 26.9. The van der Waals surface area contributed by atoms with Crippen LogP contribution in [0.2, 0.25) is 0 Å². The van der Waals surface area contributed by atoms with Gasteiger partial charge in [0.25, 0.3) is 0 Å². The Kier molecular flexibility index (Phi) is 28.7. The van der Waals surface area contributed by atoms with Crippen molar-refractivity contribution < 1.29 is 87.9 Å². The molecule has 428 valence electrons. The number of phenols is 1. The molecule has 1 aromatic carbocycles. The average molecular weight is 1090 g/mol. The number of nitrogens with zero attached hydrogens (tertiary/aromatic N) is 1. The number of aromatic hydroxyl groups is 1. The lowest BCUT2D eigenvalue weighted by atomic mass is 9.99. The van der Waals surface area contributed by atoms with Crippen LogP contribution in [0, 0.1) is 11.8 Å². The first-order chi connectivity index (χ1) is 35.9. The molecule has 0 spiro atoms. The maximum Gasteiger partial charge on any atom is 0.326 e. The van der Waals surface area contributed by atoms with E-state index in [1.807, 2.05) is 0 Å². The normalized spacial score (nSPS) is 14.0. The first kappa shape index (κ1) is 66.4. The Morgan fingerprint density at radius 3 is 1.57 bits per heavy atom. The fourth-order valence-corrected chi connectivity index (χ4v) is 6.96. The van der Waals surface area contributed by atoms with Crippen molar-refractivity contribution in [2.75, 3.05) is 13.1 Å². The van der Waals surface area contributed by atoms with Crippen molar-refractivity contribution in [3.8, 4) is 5.75 Å². The summed E-state index contributed by atoms with van der Waals surface area (Å²) in [6, 6.07) is -7.43.